The second kappa shape index (κ2) is 7.85. The zero-order valence-corrected chi connectivity index (χ0v) is 17.9. The van der Waals surface area contributed by atoms with Crippen molar-refractivity contribution < 1.29 is 4.79 Å². The summed E-state index contributed by atoms with van der Waals surface area (Å²) in [6.07, 6.45) is 8.63. The molecule has 0 bridgehead atoms. The smallest absolute Gasteiger partial charge is 0.248 e. The van der Waals surface area contributed by atoms with E-state index in [-0.39, 0.29) is 5.37 Å². The van der Waals surface area contributed by atoms with Gasteiger partial charge in [0.25, 0.3) is 0 Å². The fourth-order valence-electron chi connectivity index (χ4n) is 5.94. The van der Waals surface area contributed by atoms with Gasteiger partial charge in [-0.2, -0.15) is 5.26 Å². The Bertz CT molecular complexity index is 774. The van der Waals surface area contributed by atoms with Crippen LogP contribution in [0, 0.1) is 23.3 Å². The summed E-state index contributed by atoms with van der Waals surface area (Å²) in [5.74, 6) is 4.97. The quantitative estimate of drug-likeness (QED) is 0.592. The lowest BCUT2D eigenvalue weighted by molar-refractivity contribution is -0.130. The van der Waals surface area contributed by atoms with Crippen LogP contribution in [0.1, 0.15) is 43.7 Å². The minimum absolute atomic E-state index is 0.0192. The van der Waals surface area contributed by atoms with Crippen LogP contribution in [-0.2, 0) is 4.79 Å². The number of carbonyl (C=O) groups is 1. The first-order valence-corrected chi connectivity index (χ1v) is 13.4. The molecule has 1 aromatic rings. The second-order valence-corrected chi connectivity index (χ2v) is 13.2. The number of piperidine rings is 1. The van der Waals surface area contributed by atoms with Gasteiger partial charge in [-0.1, -0.05) is 49.6 Å². The van der Waals surface area contributed by atoms with E-state index in [0.717, 1.165) is 18.8 Å². The van der Waals surface area contributed by atoms with Gasteiger partial charge >= 0.3 is 0 Å². The SMILES string of the molecule is N#CNC1[C@H]2CN(C(=O)C3NC(c4ccccc4)CS34CCCCCCC4)C[C@@H]12. The zero-order valence-electron chi connectivity index (χ0n) is 17.1. The van der Waals surface area contributed by atoms with Gasteiger partial charge in [0.05, 0.1) is 0 Å². The summed E-state index contributed by atoms with van der Waals surface area (Å²) >= 11 is 0. The van der Waals surface area contributed by atoms with Crippen LogP contribution in [0.5, 0.6) is 0 Å². The highest BCUT2D eigenvalue weighted by molar-refractivity contribution is 8.34. The molecule has 0 radical (unpaired) electrons. The van der Waals surface area contributed by atoms with Crippen molar-refractivity contribution in [1.29, 1.82) is 5.26 Å². The normalized spacial score (nSPS) is 36.5. The molecule has 1 amide bonds. The number of likely N-dealkylation sites (tertiary alicyclic amines) is 1. The summed E-state index contributed by atoms with van der Waals surface area (Å²) in [7, 11) is -0.994. The lowest BCUT2D eigenvalue weighted by Crippen LogP contribution is -2.47. The number of nitriles is 1. The standard InChI is InChI=1S/C23H32N4OS/c24-16-25-21-18-13-27(14-19(18)21)23(28)22-26-20(17-9-5-4-6-10-17)15-29(22)11-7-2-1-3-8-12-29/h4-6,9-10,18-22,25-26H,1-3,7-8,11-15H2/t18-,19+,20?,21?,22?. The average Bonchev–Trinajstić information content (AvgIpc) is 3.09. The molecule has 4 fully saturated rings. The molecule has 6 heteroatoms. The predicted molar refractivity (Wildman–Crippen MR) is 117 cm³/mol. The Morgan fingerprint density at radius 1 is 1.07 bits per heavy atom. The lowest BCUT2D eigenvalue weighted by Gasteiger charge is -2.43. The van der Waals surface area contributed by atoms with E-state index in [0.29, 0.717) is 29.8 Å². The maximum atomic E-state index is 13.7. The molecule has 3 aliphatic heterocycles. The molecule has 1 spiro atoms. The highest BCUT2D eigenvalue weighted by atomic mass is 32.3. The first kappa shape index (κ1) is 19.3. The number of hydrogen-bond donors (Lipinski definition) is 2. The number of hydrogen-bond acceptors (Lipinski definition) is 4. The second-order valence-electron chi connectivity index (χ2n) is 9.32. The number of rotatable bonds is 3. The van der Waals surface area contributed by atoms with Crippen LogP contribution < -0.4 is 10.6 Å². The molecule has 1 aromatic carbocycles. The van der Waals surface area contributed by atoms with Crippen molar-refractivity contribution in [3.8, 4) is 6.19 Å². The van der Waals surface area contributed by atoms with Crippen molar-refractivity contribution in [3.05, 3.63) is 35.9 Å². The van der Waals surface area contributed by atoms with Gasteiger partial charge in [-0.05, 0) is 35.7 Å². The molecular weight excluding hydrogens is 380 g/mol. The monoisotopic (exact) mass is 412 g/mol. The predicted octanol–water partition coefficient (Wildman–Crippen LogP) is 2.95. The maximum absolute atomic E-state index is 13.7. The molecule has 156 valence electrons. The summed E-state index contributed by atoms with van der Waals surface area (Å²) in [5, 5.41) is 15.6. The van der Waals surface area contributed by atoms with Crippen molar-refractivity contribution >= 4 is 15.9 Å². The van der Waals surface area contributed by atoms with E-state index in [1.807, 2.05) is 0 Å². The van der Waals surface area contributed by atoms with Crippen molar-refractivity contribution in [3.63, 3.8) is 0 Å². The maximum Gasteiger partial charge on any atom is 0.248 e. The van der Waals surface area contributed by atoms with Gasteiger partial charge in [0.2, 0.25) is 5.91 Å². The van der Waals surface area contributed by atoms with E-state index >= 15 is 0 Å². The molecule has 3 saturated heterocycles. The van der Waals surface area contributed by atoms with Crippen molar-refractivity contribution in [2.45, 2.75) is 49.6 Å². The van der Waals surface area contributed by atoms with Crippen LogP contribution in [0.25, 0.3) is 0 Å². The minimum atomic E-state index is -0.994. The highest BCUT2D eigenvalue weighted by Crippen LogP contribution is 2.61. The van der Waals surface area contributed by atoms with Gasteiger partial charge in [0.1, 0.15) is 5.37 Å². The highest BCUT2D eigenvalue weighted by Gasteiger charge is 2.58. The first-order chi connectivity index (χ1) is 14.2. The molecule has 29 heavy (non-hydrogen) atoms. The Hall–Kier alpha value is -1.71. The van der Waals surface area contributed by atoms with Crippen molar-refractivity contribution in [1.82, 2.24) is 15.5 Å². The molecule has 3 unspecified atom stereocenters. The number of benzene rings is 1. The van der Waals surface area contributed by atoms with E-state index in [2.05, 4.69) is 52.1 Å². The van der Waals surface area contributed by atoms with E-state index in [4.69, 9.17) is 5.26 Å². The first-order valence-electron chi connectivity index (χ1n) is 11.2. The largest absolute Gasteiger partial charge is 0.340 e. The molecule has 2 N–H and O–H groups in total. The average molecular weight is 413 g/mol. The number of nitrogens with one attached hydrogen (secondary N) is 2. The molecule has 1 saturated carbocycles. The third kappa shape index (κ3) is 3.53. The van der Waals surface area contributed by atoms with Gasteiger partial charge < -0.3 is 10.2 Å². The van der Waals surface area contributed by atoms with Crippen LogP contribution >= 0.6 is 10.0 Å². The van der Waals surface area contributed by atoms with E-state index < -0.39 is 10.0 Å². The Kier molecular flexibility index (Phi) is 5.21. The van der Waals surface area contributed by atoms with Gasteiger partial charge in [-0.15, -0.1) is 0 Å². The fourth-order valence-corrected chi connectivity index (χ4v) is 10.7. The van der Waals surface area contributed by atoms with E-state index in [1.54, 1.807) is 0 Å². The summed E-state index contributed by atoms with van der Waals surface area (Å²) in [4.78, 5) is 15.8. The Balaban J connectivity index is 1.35. The molecule has 0 aromatic heterocycles. The van der Waals surface area contributed by atoms with Crippen LogP contribution in [0.2, 0.25) is 0 Å². The van der Waals surface area contributed by atoms with Crippen molar-refractivity contribution in [2.24, 2.45) is 11.8 Å². The van der Waals surface area contributed by atoms with Crippen LogP contribution in [0.15, 0.2) is 30.3 Å². The third-order valence-electron chi connectivity index (χ3n) is 7.62. The molecule has 5 nitrogen and oxygen atoms in total. The molecule has 3 heterocycles. The molecule has 4 aliphatic rings. The van der Waals surface area contributed by atoms with E-state index in [9.17, 15) is 4.79 Å². The Morgan fingerprint density at radius 3 is 2.38 bits per heavy atom. The summed E-state index contributed by atoms with van der Waals surface area (Å²) in [6, 6.07) is 11.3. The minimum Gasteiger partial charge on any atom is -0.340 e. The van der Waals surface area contributed by atoms with Gasteiger partial charge in [-0.25, -0.2) is 10.0 Å². The summed E-state index contributed by atoms with van der Waals surface area (Å²) in [6.45, 7) is 1.65. The number of amides is 1. The third-order valence-corrected chi connectivity index (χ3v) is 12.2. The molecule has 5 atom stereocenters. The van der Waals surface area contributed by atoms with Crippen LogP contribution in [0.4, 0.5) is 0 Å². The van der Waals surface area contributed by atoms with Crippen molar-refractivity contribution in [2.75, 3.05) is 30.3 Å². The molecule has 1 aliphatic carbocycles. The van der Waals surface area contributed by atoms with E-state index in [1.165, 1.54) is 49.2 Å². The topological polar surface area (TPSA) is 68.2 Å². The van der Waals surface area contributed by atoms with Crippen LogP contribution in [0.3, 0.4) is 0 Å². The summed E-state index contributed by atoms with van der Waals surface area (Å²) in [5.41, 5.74) is 1.33. The van der Waals surface area contributed by atoms with Gasteiger partial charge in [0.15, 0.2) is 6.19 Å². The Labute approximate surface area is 175 Å². The van der Waals surface area contributed by atoms with Gasteiger partial charge in [-0.3, -0.25) is 10.1 Å². The summed E-state index contributed by atoms with van der Waals surface area (Å²) < 4.78 is 0. The Morgan fingerprint density at radius 2 is 1.72 bits per heavy atom. The van der Waals surface area contributed by atoms with Crippen LogP contribution in [-0.4, -0.2) is 52.6 Å². The fraction of sp³-hybridized carbons (Fsp3) is 0.652. The molecule has 5 rings (SSSR count). The number of carbonyl (C=O) groups excluding carboxylic acids is 1. The number of fused-ring (bicyclic) bond motifs is 1. The zero-order chi connectivity index (χ0) is 19.8. The lowest BCUT2D eigenvalue weighted by atomic mass is 10.1. The molecular formula is C23H32N4OS. The van der Waals surface area contributed by atoms with Gasteiger partial charge in [0, 0.05) is 37.0 Å². The number of nitrogens with zero attached hydrogens (tertiary/aromatic N) is 2.